The fourth-order valence-corrected chi connectivity index (χ4v) is 1.59. The molecule has 0 fully saturated rings. The lowest BCUT2D eigenvalue weighted by molar-refractivity contribution is 0.0380. The van der Waals surface area contributed by atoms with Gasteiger partial charge in [0.15, 0.2) is 0 Å². The van der Waals surface area contributed by atoms with Crippen LogP contribution in [0.2, 0.25) is 0 Å². The molecule has 0 unspecified atom stereocenters. The van der Waals surface area contributed by atoms with Gasteiger partial charge < -0.3 is 18.9 Å². The van der Waals surface area contributed by atoms with E-state index < -0.39 is 0 Å². The molecule has 19 heavy (non-hydrogen) atoms. The summed E-state index contributed by atoms with van der Waals surface area (Å²) in [6.45, 7) is 9.40. The van der Waals surface area contributed by atoms with Gasteiger partial charge in [0.05, 0.1) is 39.6 Å². The van der Waals surface area contributed by atoms with Crippen LogP contribution in [0.5, 0.6) is 0 Å². The molecule has 5 heteroatoms. The zero-order valence-electron chi connectivity index (χ0n) is 12.9. The summed E-state index contributed by atoms with van der Waals surface area (Å²) in [5, 5.41) is 0. The van der Waals surface area contributed by atoms with Gasteiger partial charge in [-0.15, -0.1) is 0 Å². The predicted octanol–water partition coefficient (Wildman–Crippen LogP) is 1.41. The first-order valence-electron chi connectivity index (χ1n) is 7.20. The molecule has 0 rings (SSSR count). The molecule has 0 heterocycles. The molecule has 0 N–H and O–H groups in total. The van der Waals surface area contributed by atoms with E-state index in [1.165, 1.54) is 12.8 Å². The Bertz CT molecular complexity index is 156. The highest BCUT2D eigenvalue weighted by molar-refractivity contribution is 4.57. The fraction of sp³-hybridized carbons (Fsp3) is 1.00. The minimum atomic E-state index is 0.662. The van der Waals surface area contributed by atoms with Crippen LogP contribution in [0.25, 0.3) is 0 Å². The van der Waals surface area contributed by atoms with E-state index in [0.717, 1.165) is 32.8 Å². The van der Waals surface area contributed by atoms with Gasteiger partial charge in [-0.05, 0) is 13.0 Å². The fourth-order valence-electron chi connectivity index (χ4n) is 1.59. The molecule has 0 atom stereocenters. The van der Waals surface area contributed by atoms with E-state index >= 15 is 0 Å². The van der Waals surface area contributed by atoms with Gasteiger partial charge in [0.25, 0.3) is 0 Å². The molecular weight excluding hydrogens is 246 g/mol. The molecular formula is C14H31NO4. The third-order valence-electron chi connectivity index (χ3n) is 2.80. The first kappa shape index (κ1) is 18.8. The average Bonchev–Trinajstić information content (AvgIpc) is 2.43. The maximum Gasteiger partial charge on any atom is 0.0700 e. The number of hydrogen-bond acceptors (Lipinski definition) is 5. The molecule has 0 bridgehead atoms. The van der Waals surface area contributed by atoms with Crippen molar-refractivity contribution in [3.8, 4) is 0 Å². The van der Waals surface area contributed by atoms with Gasteiger partial charge in [-0.2, -0.15) is 0 Å². The van der Waals surface area contributed by atoms with Crippen molar-refractivity contribution < 1.29 is 18.9 Å². The summed E-state index contributed by atoms with van der Waals surface area (Å²) in [6, 6.07) is 0. The molecule has 5 nitrogen and oxygen atoms in total. The van der Waals surface area contributed by atoms with E-state index in [1.54, 1.807) is 14.2 Å². The largest absolute Gasteiger partial charge is 0.382 e. The summed E-state index contributed by atoms with van der Waals surface area (Å²) in [4.78, 5) is 2.39. The maximum atomic E-state index is 5.50. The molecule has 0 spiro atoms. The van der Waals surface area contributed by atoms with Crippen molar-refractivity contribution in [2.24, 2.45) is 0 Å². The molecule has 0 aromatic heterocycles. The Kier molecular flexibility index (Phi) is 15.7. The van der Waals surface area contributed by atoms with Gasteiger partial charge in [0, 0.05) is 27.3 Å². The molecule has 0 aromatic carbocycles. The van der Waals surface area contributed by atoms with Crippen LogP contribution in [0.3, 0.4) is 0 Å². The van der Waals surface area contributed by atoms with Crippen LogP contribution in [0.1, 0.15) is 19.8 Å². The van der Waals surface area contributed by atoms with Crippen LogP contribution in [-0.2, 0) is 18.9 Å². The summed E-state index contributed by atoms with van der Waals surface area (Å²) < 4.78 is 20.9. The van der Waals surface area contributed by atoms with E-state index in [-0.39, 0.29) is 0 Å². The van der Waals surface area contributed by atoms with Crippen LogP contribution in [-0.4, -0.2) is 78.4 Å². The van der Waals surface area contributed by atoms with Gasteiger partial charge in [-0.25, -0.2) is 0 Å². The Labute approximate surface area is 118 Å². The summed E-state index contributed by atoms with van der Waals surface area (Å²) in [5.41, 5.74) is 0. The molecule has 0 aliphatic heterocycles. The lowest BCUT2D eigenvalue weighted by atomic mass is 10.3. The van der Waals surface area contributed by atoms with Gasteiger partial charge in [-0.1, -0.05) is 13.3 Å². The number of nitrogens with zero attached hydrogens (tertiary/aromatic N) is 1. The van der Waals surface area contributed by atoms with Crippen molar-refractivity contribution in [1.82, 2.24) is 4.90 Å². The number of ether oxygens (including phenoxy) is 4. The van der Waals surface area contributed by atoms with Crippen molar-refractivity contribution in [1.29, 1.82) is 0 Å². The predicted molar refractivity (Wildman–Crippen MR) is 76.7 cm³/mol. The van der Waals surface area contributed by atoms with Crippen molar-refractivity contribution in [2.45, 2.75) is 19.8 Å². The van der Waals surface area contributed by atoms with E-state index in [0.29, 0.717) is 26.4 Å². The molecule has 0 radical (unpaired) electrons. The highest BCUT2D eigenvalue weighted by Crippen LogP contribution is 1.96. The second-order valence-corrected chi connectivity index (χ2v) is 4.41. The Balaban J connectivity index is 3.57. The maximum absolute atomic E-state index is 5.50. The monoisotopic (exact) mass is 277 g/mol. The van der Waals surface area contributed by atoms with Gasteiger partial charge in [-0.3, -0.25) is 4.90 Å². The standard InChI is InChI=1S/C14H31NO4/c1-4-5-6-15(7-9-18-13-11-16-2)8-10-19-14-12-17-3/h4-14H2,1-3H3. The van der Waals surface area contributed by atoms with Crippen LogP contribution in [0, 0.1) is 0 Å². The summed E-state index contributed by atoms with van der Waals surface area (Å²) in [6.07, 6.45) is 2.43. The van der Waals surface area contributed by atoms with Crippen LogP contribution in [0.4, 0.5) is 0 Å². The quantitative estimate of drug-likeness (QED) is 0.423. The topological polar surface area (TPSA) is 40.2 Å². The Hall–Kier alpha value is -0.200. The first-order chi connectivity index (χ1) is 9.35. The van der Waals surface area contributed by atoms with Crippen LogP contribution < -0.4 is 0 Å². The smallest absolute Gasteiger partial charge is 0.0700 e. The van der Waals surface area contributed by atoms with E-state index in [2.05, 4.69) is 11.8 Å². The Morgan fingerprint density at radius 2 is 1.21 bits per heavy atom. The zero-order chi connectivity index (χ0) is 14.2. The zero-order valence-corrected chi connectivity index (χ0v) is 12.9. The lowest BCUT2D eigenvalue weighted by Gasteiger charge is -2.22. The van der Waals surface area contributed by atoms with Crippen molar-refractivity contribution in [3.05, 3.63) is 0 Å². The van der Waals surface area contributed by atoms with E-state index in [4.69, 9.17) is 18.9 Å². The van der Waals surface area contributed by atoms with Crippen LogP contribution >= 0.6 is 0 Å². The third kappa shape index (κ3) is 14.0. The summed E-state index contributed by atoms with van der Waals surface area (Å²) in [5.74, 6) is 0. The Morgan fingerprint density at radius 1 is 0.684 bits per heavy atom. The van der Waals surface area contributed by atoms with Crippen molar-refractivity contribution >= 4 is 0 Å². The number of rotatable bonds is 15. The molecule has 0 amide bonds. The van der Waals surface area contributed by atoms with Crippen molar-refractivity contribution in [3.63, 3.8) is 0 Å². The van der Waals surface area contributed by atoms with E-state index in [1.807, 2.05) is 0 Å². The molecule has 0 aliphatic rings. The number of unbranched alkanes of at least 4 members (excludes halogenated alkanes) is 1. The second-order valence-electron chi connectivity index (χ2n) is 4.41. The third-order valence-corrected chi connectivity index (χ3v) is 2.80. The minimum absolute atomic E-state index is 0.662. The van der Waals surface area contributed by atoms with E-state index in [9.17, 15) is 0 Å². The number of hydrogen-bond donors (Lipinski definition) is 0. The molecule has 0 saturated heterocycles. The summed E-state index contributed by atoms with van der Waals surface area (Å²) in [7, 11) is 3.38. The highest BCUT2D eigenvalue weighted by atomic mass is 16.5. The molecule has 0 aliphatic carbocycles. The number of methoxy groups -OCH3 is 2. The summed E-state index contributed by atoms with van der Waals surface area (Å²) >= 11 is 0. The minimum Gasteiger partial charge on any atom is -0.382 e. The van der Waals surface area contributed by atoms with Crippen LogP contribution in [0.15, 0.2) is 0 Å². The second kappa shape index (κ2) is 15.9. The molecule has 116 valence electrons. The van der Waals surface area contributed by atoms with Crippen molar-refractivity contribution in [2.75, 3.05) is 73.5 Å². The van der Waals surface area contributed by atoms with Gasteiger partial charge >= 0.3 is 0 Å². The molecule has 0 saturated carbocycles. The Morgan fingerprint density at radius 3 is 1.63 bits per heavy atom. The highest BCUT2D eigenvalue weighted by Gasteiger charge is 2.04. The average molecular weight is 277 g/mol. The first-order valence-corrected chi connectivity index (χ1v) is 7.20. The van der Waals surface area contributed by atoms with Gasteiger partial charge in [0.1, 0.15) is 0 Å². The molecule has 0 aromatic rings. The SMILES string of the molecule is CCCCN(CCOCCOC)CCOCCOC. The lowest BCUT2D eigenvalue weighted by Crippen LogP contribution is -2.32. The van der Waals surface area contributed by atoms with Gasteiger partial charge in [0.2, 0.25) is 0 Å². The normalized spacial score (nSPS) is 11.4.